The number of amides is 2. The molecule has 2 amide bonds. The molecule has 0 aromatic heterocycles. The van der Waals surface area contributed by atoms with E-state index in [9.17, 15) is 9.59 Å². The van der Waals surface area contributed by atoms with Crippen LogP contribution in [0.3, 0.4) is 0 Å². The summed E-state index contributed by atoms with van der Waals surface area (Å²) in [6.45, 7) is 5.54. The van der Waals surface area contributed by atoms with Gasteiger partial charge >= 0.3 is 0 Å². The van der Waals surface area contributed by atoms with Gasteiger partial charge in [-0.15, -0.1) is 0 Å². The lowest BCUT2D eigenvalue weighted by Gasteiger charge is -2.29. The van der Waals surface area contributed by atoms with E-state index < -0.39 is 23.4 Å². The lowest BCUT2D eigenvalue weighted by atomic mass is 9.86. The van der Waals surface area contributed by atoms with E-state index in [1.54, 1.807) is 0 Å². The highest BCUT2D eigenvalue weighted by Gasteiger charge is 2.31. The molecule has 0 saturated carbocycles. The van der Waals surface area contributed by atoms with E-state index in [1.165, 1.54) is 0 Å². The molecule has 0 fully saturated rings. The quantitative estimate of drug-likeness (QED) is 0.751. The molecule has 1 aromatic rings. The van der Waals surface area contributed by atoms with Gasteiger partial charge in [-0.3, -0.25) is 9.59 Å². The minimum absolute atomic E-state index is 0.115. The number of benzene rings is 1. The van der Waals surface area contributed by atoms with Gasteiger partial charge in [0.1, 0.15) is 6.04 Å². The van der Waals surface area contributed by atoms with Gasteiger partial charge in [0.2, 0.25) is 11.8 Å². The Morgan fingerprint density at radius 1 is 1.20 bits per heavy atom. The zero-order valence-corrected chi connectivity index (χ0v) is 12.2. The Morgan fingerprint density at radius 3 is 2.20 bits per heavy atom. The fourth-order valence-electron chi connectivity index (χ4n) is 1.95. The molecule has 0 spiro atoms. The molecule has 0 saturated heterocycles. The van der Waals surface area contributed by atoms with Gasteiger partial charge < -0.3 is 16.8 Å². The predicted octanol–water partition coefficient (Wildman–Crippen LogP) is 1.09. The van der Waals surface area contributed by atoms with Crippen LogP contribution in [0.25, 0.3) is 0 Å². The van der Waals surface area contributed by atoms with E-state index in [-0.39, 0.29) is 12.3 Å². The first-order chi connectivity index (χ1) is 9.21. The smallest absolute Gasteiger partial charge is 0.240 e. The van der Waals surface area contributed by atoms with Crippen molar-refractivity contribution in [2.75, 3.05) is 0 Å². The maximum Gasteiger partial charge on any atom is 0.240 e. The van der Waals surface area contributed by atoms with Crippen molar-refractivity contribution < 1.29 is 9.59 Å². The fourth-order valence-corrected chi connectivity index (χ4v) is 1.95. The molecule has 110 valence electrons. The van der Waals surface area contributed by atoms with Crippen molar-refractivity contribution in [1.82, 2.24) is 5.32 Å². The van der Waals surface area contributed by atoms with E-state index in [0.717, 1.165) is 5.56 Å². The summed E-state index contributed by atoms with van der Waals surface area (Å²) in [5.74, 6) is -0.820. The molecular weight excluding hydrogens is 254 g/mol. The number of carbonyl (C=O) groups is 2. The Balaban J connectivity index is 2.65. The Bertz CT molecular complexity index is 466. The number of hydrogen-bond donors (Lipinski definition) is 3. The summed E-state index contributed by atoms with van der Waals surface area (Å²) in [6, 6.07) is 8.25. The lowest BCUT2D eigenvalue weighted by molar-refractivity contribution is -0.129. The van der Waals surface area contributed by atoms with Gasteiger partial charge in [0.25, 0.3) is 0 Å². The number of carbonyl (C=O) groups excluding carboxylic acids is 2. The summed E-state index contributed by atoms with van der Waals surface area (Å²) in [4.78, 5) is 23.4. The molecule has 0 aliphatic rings. The Kier molecular flexibility index (Phi) is 5.27. The van der Waals surface area contributed by atoms with Crippen LogP contribution in [0.1, 0.15) is 38.8 Å². The van der Waals surface area contributed by atoms with E-state index in [4.69, 9.17) is 11.5 Å². The summed E-state index contributed by atoms with van der Waals surface area (Å²) >= 11 is 0. The average molecular weight is 277 g/mol. The van der Waals surface area contributed by atoms with Crippen LogP contribution in [0, 0.1) is 5.41 Å². The second-order valence-corrected chi connectivity index (χ2v) is 5.99. The van der Waals surface area contributed by atoms with Crippen molar-refractivity contribution in [3.63, 3.8) is 0 Å². The van der Waals surface area contributed by atoms with E-state index >= 15 is 0 Å². The number of nitrogens with two attached hydrogens (primary N) is 2. The highest BCUT2D eigenvalue weighted by Crippen LogP contribution is 2.20. The fraction of sp³-hybridized carbons (Fsp3) is 0.467. The molecular formula is C15H23N3O2. The molecule has 1 rings (SSSR count). The second kappa shape index (κ2) is 6.52. The third-order valence-electron chi connectivity index (χ3n) is 3.09. The maximum atomic E-state index is 12.0. The monoisotopic (exact) mass is 277 g/mol. The van der Waals surface area contributed by atoms with Gasteiger partial charge in [0.15, 0.2) is 0 Å². The minimum atomic E-state index is -0.710. The molecule has 0 aliphatic carbocycles. The van der Waals surface area contributed by atoms with Crippen LogP contribution in [0.5, 0.6) is 0 Å². The maximum absolute atomic E-state index is 12.0. The number of primary amides is 1. The van der Waals surface area contributed by atoms with Gasteiger partial charge in [0.05, 0.1) is 0 Å². The van der Waals surface area contributed by atoms with E-state index in [2.05, 4.69) is 5.32 Å². The number of nitrogens with one attached hydrogen (secondary N) is 1. The topological polar surface area (TPSA) is 98.2 Å². The molecule has 2 atom stereocenters. The van der Waals surface area contributed by atoms with Crippen molar-refractivity contribution in [1.29, 1.82) is 0 Å². The van der Waals surface area contributed by atoms with Crippen LogP contribution >= 0.6 is 0 Å². The summed E-state index contributed by atoms with van der Waals surface area (Å²) in [7, 11) is 0. The summed E-state index contributed by atoms with van der Waals surface area (Å²) in [6.07, 6.45) is 0.115. The first-order valence-corrected chi connectivity index (χ1v) is 6.61. The van der Waals surface area contributed by atoms with Crippen LogP contribution in [0.15, 0.2) is 30.3 Å². The van der Waals surface area contributed by atoms with Crippen molar-refractivity contribution in [2.24, 2.45) is 16.9 Å². The third-order valence-corrected chi connectivity index (χ3v) is 3.09. The SMILES string of the molecule is CC(C)(C)C(NC(=O)CC(N)c1ccccc1)C(N)=O. The normalized spacial score (nSPS) is 14.4. The Morgan fingerprint density at radius 2 is 1.75 bits per heavy atom. The second-order valence-electron chi connectivity index (χ2n) is 5.99. The van der Waals surface area contributed by atoms with Crippen LogP contribution < -0.4 is 16.8 Å². The molecule has 0 bridgehead atoms. The average Bonchev–Trinajstić information content (AvgIpc) is 2.35. The van der Waals surface area contributed by atoms with Gasteiger partial charge in [-0.05, 0) is 11.0 Å². The van der Waals surface area contributed by atoms with E-state index in [0.29, 0.717) is 0 Å². The van der Waals surface area contributed by atoms with Crippen LogP contribution in [0.4, 0.5) is 0 Å². The molecule has 5 nitrogen and oxygen atoms in total. The molecule has 5 heteroatoms. The summed E-state index contributed by atoms with van der Waals surface area (Å²) in [5.41, 5.74) is 11.8. The van der Waals surface area contributed by atoms with Crippen molar-refractivity contribution in [3.8, 4) is 0 Å². The number of rotatable bonds is 5. The summed E-state index contributed by atoms with van der Waals surface area (Å²) in [5, 5.41) is 2.66. The molecule has 5 N–H and O–H groups in total. The van der Waals surface area contributed by atoms with Crippen molar-refractivity contribution in [3.05, 3.63) is 35.9 Å². The molecule has 0 heterocycles. The number of hydrogen-bond acceptors (Lipinski definition) is 3. The van der Waals surface area contributed by atoms with Crippen LogP contribution in [-0.4, -0.2) is 17.9 Å². The summed E-state index contributed by atoms with van der Waals surface area (Å²) < 4.78 is 0. The van der Waals surface area contributed by atoms with Gasteiger partial charge in [0, 0.05) is 12.5 Å². The van der Waals surface area contributed by atoms with Crippen molar-refractivity contribution >= 4 is 11.8 Å². The lowest BCUT2D eigenvalue weighted by Crippen LogP contribution is -2.52. The molecule has 1 aromatic carbocycles. The van der Waals surface area contributed by atoms with E-state index in [1.807, 2.05) is 51.1 Å². The minimum Gasteiger partial charge on any atom is -0.368 e. The molecule has 0 aliphatic heterocycles. The van der Waals surface area contributed by atoms with Gasteiger partial charge in [-0.2, -0.15) is 0 Å². The van der Waals surface area contributed by atoms with Crippen molar-refractivity contribution in [2.45, 2.75) is 39.3 Å². The Labute approximate surface area is 119 Å². The van der Waals surface area contributed by atoms with Crippen LogP contribution in [-0.2, 0) is 9.59 Å². The highest BCUT2D eigenvalue weighted by atomic mass is 16.2. The first-order valence-electron chi connectivity index (χ1n) is 6.61. The largest absolute Gasteiger partial charge is 0.368 e. The van der Waals surface area contributed by atoms with Gasteiger partial charge in [-0.1, -0.05) is 51.1 Å². The third kappa shape index (κ3) is 4.66. The van der Waals surface area contributed by atoms with Crippen LogP contribution in [0.2, 0.25) is 0 Å². The Hall–Kier alpha value is -1.88. The molecule has 0 radical (unpaired) electrons. The zero-order valence-electron chi connectivity index (χ0n) is 12.2. The first kappa shape index (κ1) is 16.2. The van der Waals surface area contributed by atoms with Gasteiger partial charge in [-0.25, -0.2) is 0 Å². The standard InChI is InChI=1S/C15H23N3O2/c1-15(2,3)13(14(17)20)18-12(19)9-11(16)10-7-5-4-6-8-10/h4-8,11,13H,9,16H2,1-3H3,(H2,17,20)(H,18,19). The zero-order chi connectivity index (χ0) is 15.3. The predicted molar refractivity (Wildman–Crippen MR) is 78.6 cm³/mol. The molecule has 2 unspecified atom stereocenters. The molecule has 20 heavy (non-hydrogen) atoms. The highest BCUT2D eigenvalue weighted by molar-refractivity contribution is 5.87.